The molecular formula is C26H30N2O4. The lowest BCUT2D eigenvalue weighted by atomic mass is 9.88. The Kier molecular flexibility index (Phi) is 7.10. The first-order chi connectivity index (χ1) is 15.6. The Morgan fingerprint density at radius 2 is 1.81 bits per heavy atom. The summed E-state index contributed by atoms with van der Waals surface area (Å²) in [6.45, 7) is 4.79. The van der Waals surface area contributed by atoms with E-state index in [-0.39, 0.29) is 12.0 Å². The minimum atomic E-state index is -0.708. The quantitative estimate of drug-likeness (QED) is 0.610. The number of urea groups is 1. The highest BCUT2D eigenvalue weighted by Gasteiger charge is 2.39. The molecule has 0 aromatic heterocycles. The van der Waals surface area contributed by atoms with Crippen LogP contribution in [0.4, 0.5) is 4.79 Å². The van der Waals surface area contributed by atoms with Gasteiger partial charge in [0.05, 0.1) is 12.6 Å². The number of hydrogen-bond acceptors (Lipinski definition) is 4. The van der Waals surface area contributed by atoms with Gasteiger partial charge in [-0.2, -0.15) is 0 Å². The van der Waals surface area contributed by atoms with Crippen LogP contribution in [0.2, 0.25) is 0 Å². The van der Waals surface area contributed by atoms with Crippen molar-refractivity contribution in [2.75, 3.05) is 6.61 Å². The van der Waals surface area contributed by atoms with Gasteiger partial charge in [-0.1, -0.05) is 68.3 Å². The fraction of sp³-hybridized carbons (Fsp3) is 0.385. The third-order valence-electron chi connectivity index (χ3n) is 6.17. The lowest BCUT2D eigenvalue weighted by Gasteiger charge is -2.34. The second-order valence-corrected chi connectivity index (χ2v) is 8.56. The zero-order valence-electron chi connectivity index (χ0n) is 18.2. The summed E-state index contributed by atoms with van der Waals surface area (Å²) in [5.74, 6) is 0.00804. The number of esters is 1. The molecule has 2 atom stereocenters. The van der Waals surface area contributed by atoms with Crippen LogP contribution in [-0.4, -0.2) is 18.6 Å². The van der Waals surface area contributed by atoms with Crippen molar-refractivity contribution in [1.29, 1.82) is 0 Å². The number of nitrogens with one attached hydrogen (secondary N) is 2. The van der Waals surface area contributed by atoms with Crippen LogP contribution in [0.15, 0.2) is 66.9 Å². The molecule has 2 N–H and O–H groups in total. The Morgan fingerprint density at radius 1 is 1.03 bits per heavy atom. The third kappa shape index (κ3) is 5.49. The zero-order valence-corrected chi connectivity index (χ0v) is 18.2. The molecule has 2 fully saturated rings. The summed E-state index contributed by atoms with van der Waals surface area (Å²) < 4.78 is 11.6. The standard InChI is InChI=1S/C26H30N2O4/c1-18-23(25(29)32-17-20-11-6-3-7-12-20)24(28-26(30)27-18)21-13-8-14-22(15-21)31-16-19-9-4-2-5-10-19/h2,4-5,8-10,13-15,20,23-24H,1,3,6-7,11-12,16-17H2,(H2,27,28,30). The lowest BCUT2D eigenvalue weighted by molar-refractivity contribution is -0.150. The van der Waals surface area contributed by atoms with Crippen LogP contribution >= 0.6 is 0 Å². The van der Waals surface area contributed by atoms with E-state index in [4.69, 9.17) is 9.47 Å². The number of rotatable bonds is 7. The van der Waals surface area contributed by atoms with Gasteiger partial charge in [0.15, 0.2) is 0 Å². The molecule has 1 aliphatic heterocycles. The molecule has 0 radical (unpaired) electrons. The summed E-state index contributed by atoms with van der Waals surface area (Å²) in [7, 11) is 0. The first-order valence-corrected chi connectivity index (χ1v) is 11.3. The maximum Gasteiger partial charge on any atom is 0.319 e. The van der Waals surface area contributed by atoms with E-state index >= 15 is 0 Å². The third-order valence-corrected chi connectivity index (χ3v) is 6.17. The normalized spacial score (nSPS) is 21.4. The summed E-state index contributed by atoms with van der Waals surface area (Å²) in [6, 6.07) is 16.4. The van der Waals surface area contributed by atoms with Gasteiger partial charge >= 0.3 is 12.0 Å². The second-order valence-electron chi connectivity index (χ2n) is 8.56. The Morgan fingerprint density at radius 3 is 2.59 bits per heavy atom. The van der Waals surface area contributed by atoms with Gasteiger partial charge in [0.25, 0.3) is 0 Å². The average molecular weight is 435 g/mol. The predicted octanol–water partition coefficient (Wildman–Crippen LogP) is 4.87. The summed E-state index contributed by atoms with van der Waals surface area (Å²) in [4.78, 5) is 25.2. The molecule has 0 spiro atoms. The summed E-state index contributed by atoms with van der Waals surface area (Å²) in [5.41, 5.74) is 2.18. The summed E-state index contributed by atoms with van der Waals surface area (Å²) in [5, 5.41) is 5.50. The molecule has 1 saturated carbocycles. The monoisotopic (exact) mass is 434 g/mol. The molecular weight excluding hydrogens is 404 g/mol. The van der Waals surface area contributed by atoms with Gasteiger partial charge in [0.2, 0.25) is 0 Å². The highest BCUT2D eigenvalue weighted by molar-refractivity contribution is 5.85. The van der Waals surface area contributed by atoms with Crippen molar-refractivity contribution in [2.24, 2.45) is 11.8 Å². The van der Waals surface area contributed by atoms with Crippen molar-refractivity contribution in [3.63, 3.8) is 0 Å². The highest BCUT2D eigenvalue weighted by atomic mass is 16.5. The Labute approximate surface area is 189 Å². The van der Waals surface area contributed by atoms with Crippen molar-refractivity contribution in [2.45, 2.75) is 44.8 Å². The zero-order chi connectivity index (χ0) is 22.3. The molecule has 2 unspecified atom stereocenters. The molecule has 2 amide bonds. The summed E-state index contributed by atoms with van der Waals surface area (Å²) in [6.07, 6.45) is 5.82. The summed E-state index contributed by atoms with van der Waals surface area (Å²) >= 11 is 0. The molecule has 32 heavy (non-hydrogen) atoms. The highest BCUT2D eigenvalue weighted by Crippen LogP contribution is 2.33. The number of benzene rings is 2. The van der Waals surface area contributed by atoms with Crippen LogP contribution in [-0.2, 0) is 16.1 Å². The van der Waals surface area contributed by atoms with Crippen molar-refractivity contribution < 1.29 is 19.1 Å². The predicted molar refractivity (Wildman–Crippen MR) is 122 cm³/mol. The van der Waals surface area contributed by atoms with E-state index in [1.54, 1.807) is 0 Å². The first kappa shape index (κ1) is 21.9. The van der Waals surface area contributed by atoms with Crippen LogP contribution < -0.4 is 15.4 Å². The molecule has 1 heterocycles. The fourth-order valence-corrected chi connectivity index (χ4v) is 4.42. The van der Waals surface area contributed by atoms with E-state index in [1.165, 1.54) is 19.3 Å². The topological polar surface area (TPSA) is 76.7 Å². The number of carbonyl (C=O) groups excluding carboxylic acids is 2. The molecule has 168 valence electrons. The smallest absolute Gasteiger partial charge is 0.319 e. The van der Waals surface area contributed by atoms with Gasteiger partial charge in [-0.15, -0.1) is 0 Å². The van der Waals surface area contributed by atoms with Crippen LogP contribution in [0, 0.1) is 11.8 Å². The maximum absolute atomic E-state index is 13.0. The van der Waals surface area contributed by atoms with Gasteiger partial charge in [-0.05, 0) is 42.0 Å². The van der Waals surface area contributed by atoms with Gasteiger partial charge in [0, 0.05) is 5.70 Å². The molecule has 2 aromatic rings. The van der Waals surface area contributed by atoms with E-state index in [0.29, 0.717) is 30.6 Å². The SMILES string of the molecule is C=C1NC(=O)NC(c2cccc(OCc3ccccc3)c2)C1C(=O)OCC1CCCCC1. The maximum atomic E-state index is 13.0. The van der Waals surface area contributed by atoms with Crippen LogP contribution in [0.25, 0.3) is 0 Å². The average Bonchev–Trinajstić information content (AvgIpc) is 2.82. The number of hydrogen-bond donors (Lipinski definition) is 2. The van der Waals surface area contributed by atoms with E-state index in [1.807, 2.05) is 54.6 Å². The molecule has 1 aliphatic carbocycles. The van der Waals surface area contributed by atoms with Crippen LogP contribution in [0.1, 0.15) is 49.3 Å². The Hall–Kier alpha value is -3.28. The van der Waals surface area contributed by atoms with Crippen molar-refractivity contribution in [3.05, 3.63) is 78.0 Å². The van der Waals surface area contributed by atoms with Gasteiger partial charge in [-0.25, -0.2) is 4.79 Å². The number of carbonyl (C=O) groups is 2. The van der Waals surface area contributed by atoms with Crippen molar-refractivity contribution >= 4 is 12.0 Å². The molecule has 4 rings (SSSR count). The van der Waals surface area contributed by atoms with Crippen molar-refractivity contribution in [1.82, 2.24) is 10.6 Å². The van der Waals surface area contributed by atoms with Gasteiger partial charge < -0.3 is 20.1 Å². The first-order valence-electron chi connectivity index (χ1n) is 11.3. The Bertz CT molecular complexity index is 953. The largest absolute Gasteiger partial charge is 0.489 e. The Balaban J connectivity index is 1.46. The fourth-order valence-electron chi connectivity index (χ4n) is 4.42. The molecule has 0 bridgehead atoms. The van der Waals surface area contributed by atoms with Gasteiger partial charge in [0.1, 0.15) is 18.3 Å². The number of amides is 2. The van der Waals surface area contributed by atoms with E-state index in [0.717, 1.165) is 24.0 Å². The molecule has 1 saturated heterocycles. The number of ether oxygens (including phenoxy) is 2. The minimum absolute atomic E-state index is 0.350. The van der Waals surface area contributed by atoms with E-state index in [2.05, 4.69) is 17.2 Å². The van der Waals surface area contributed by atoms with E-state index < -0.39 is 12.0 Å². The minimum Gasteiger partial charge on any atom is -0.489 e. The van der Waals surface area contributed by atoms with Crippen LogP contribution in [0.5, 0.6) is 5.75 Å². The van der Waals surface area contributed by atoms with E-state index in [9.17, 15) is 9.59 Å². The molecule has 6 heteroatoms. The van der Waals surface area contributed by atoms with Crippen LogP contribution in [0.3, 0.4) is 0 Å². The van der Waals surface area contributed by atoms with Gasteiger partial charge in [-0.3, -0.25) is 4.79 Å². The lowest BCUT2D eigenvalue weighted by Crippen LogP contribution is -2.51. The molecule has 6 nitrogen and oxygen atoms in total. The second kappa shape index (κ2) is 10.4. The van der Waals surface area contributed by atoms with Crippen molar-refractivity contribution in [3.8, 4) is 5.75 Å². The molecule has 2 aliphatic rings. The molecule has 2 aromatic carbocycles.